The smallest absolute Gasteiger partial charge is 0.151 e. The van der Waals surface area contributed by atoms with E-state index < -0.39 is 0 Å². The van der Waals surface area contributed by atoms with Gasteiger partial charge in [-0.3, -0.25) is 0 Å². The van der Waals surface area contributed by atoms with Gasteiger partial charge in [0.25, 0.3) is 0 Å². The van der Waals surface area contributed by atoms with Gasteiger partial charge >= 0.3 is 0 Å². The molecule has 0 saturated carbocycles. The van der Waals surface area contributed by atoms with Gasteiger partial charge in [0.2, 0.25) is 0 Å². The molecule has 0 atom stereocenters. The Kier molecular flexibility index (Phi) is 3.75. The lowest BCUT2D eigenvalue weighted by Gasteiger charge is -2.27. The third-order valence-corrected chi connectivity index (χ3v) is 4.42. The van der Waals surface area contributed by atoms with Crippen molar-refractivity contribution in [1.29, 1.82) is 0 Å². The first-order chi connectivity index (χ1) is 9.36. The van der Waals surface area contributed by atoms with Crippen molar-refractivity contribution in [2.45, 2.75) is 26.4 Å². The van der Waals surface area contributed by atoms with E-state index in [2.05, 4.69) is 50.9 Å². The summed E-state index contributed by atoms with van der Waals surface area (Å²) >= 11 is 1.86. The van der Waals surface area contributed by atoms with E-state index in [1.54, 1.807) is 0 Å². The summed E-state index contributed by atoms with van der Waals surface area (Å²) in [5, 5.41) is 14.1. The standard InChI is InChI=1S/C14H18N4S/c1-2-15-9-12-3-4-14(17-16-12)18-7-5-13-11(10-18)6-8-19-13/h3-4,6,8,15H,2,5,7,9-10H2,1H3. The molecule has 19 heavy (non-hydrogen) atoms. The average molecular weight is 274 g/mol. The third kappa shape index (κ3) is 2.77. The molecule has 2 aromatic rings. The number of nitrogens with one attached hydrogen (secondary N) is 1. The third-order valence-electron chi connectivity index (χ3n) is 3.39. The Labute approximate surface area is 117 Å². The number of hydrogen-bond donors (Lipinski definition) is 1. The zero-order chi connectivity index (χ0) is 13.1. The molecule has 1 aliphatic rings. The largest absolute Gasteiger partial charge is 0.350 e. The maximum absolute atomic E-state index is 4.35. The van der Waals surface area contributed by atoms with Gasteiger partial charge in [0, 0.05) is 24.5 Å². The molecule has 0 aliphatic carbocycles. The van der Waals surface area contributed by atoms with Crippen LogP contribution >= 0.6 is 11.3 Å². The number of nitrogens with zero attached hydrogens (tertiary/aromatic N) is 3. The van der Waals surface area contributed by atoms with E-state index in [-0.39, 0.29) is 0 Å². The minimum Gasteiger partial charge on any atom is -0.350 e. The maximum atomic E-state index is 4.35. The summed E-state index contributed by atoms with van der Waals surface area (Å²) in [6.07, 6.45) is 1.12. The molecular weight excluding hydrogens is 256 g/mol. The van der Waals surface area contributed by atoms with Crippen molar-refractivity contribution in [2.24, 2.45) is 0 Å². The van der Waals surface area contributed by atoms with Crippen LogP contribution < -0.4 is 10.2 Å². The van der Waals surface area contributed by atoms with E-state index in [0.29, 0.717) is 0 Å². The topological polar surface area (TPSA) is 41.0 Å². The molecule has 3 rings (SSSR count). The van der Waals surface area contributed by atoms with Crippen LogP contribution in [-0.4, -0.2) is 23.3 Å². The van der Waals surface area contributed by atoms with E-state index >= 15 is 0 Å². The van der Waals surface area contributed by atoms with Crippen molar-refractivity contribution in [2.75, 3.05) is 18.0 Å². The number of thiophene rings is 1. The summed E-state index contributed by atoms with van der Waals surface area (Å²) < 4.78 is 0. The lowest BCUT2D eigenvalue weighted by atomic mass is 10.1. The van der Waals surface area contributed by atoms with Crippen LogP contribution in [-0.2, 0) is 19.5 Å². The first kappa shape index (κ1) is 12.6. The van der Waals surface area contributed by atoms with Gasteiger partial charge in [-0.25, -0.2) is 0 Å². The molecule has 1 aliphatic heterocycles. The predicted octanol–water partition coefficient (Wildman–Crippen LogP) is 2.21. The van der Waals surface area contributed by atoms with Gasteiger partial charge < -0.3 is 10.2 Å². The fourth-order valence-electron chi connectivity index (χ4n) is 2.31. The van der Waals surface area contributed by atoms with Gasteiger partial charge in [-0.15, -0.1) is 16.4 Å². The monoisotopic (exact) mass is 274 g/mol. The van der Waals surface area contributed by atoms with Crippen LogP contribution in [0.5, 0.6) is 0 Å². The molecule has 2 aromatic heterocycles. The lowest BCUT2D eigenvalue weighted by molar-refractivity contribution is 0.686. The van der Waals surface area contributed by atoms with Crippen molar-refractivity contribution < 1.29 is 0 Å². The highest BCUT2D eigenvalue weighted by Gasteiger charge is 2.18. The van der Waals surface area contributed by atoms with Gasteiger partial charge in [0.1, 0.15) is 0 Å². The van der Waals surface area contributed by atoms with Crippen LogP contribution in [0.2, 0.25) is 0 Å². The zero-order valence-corrected chi connectivity index (χ0v) is 11.9. The van der Waals surface area contributed by atoms with Crippen molar-refractivity contribution in [3.8, 4) is 0 Å². The number of anilines is 1. The van der Waals surface area contributed by atoms with E-state index in [1.165, 1.54) is 10.4 Å². The molecule has 1 N–H and O–H groups in total. The van der Waals surface area contributed by atoms with E-state index in [1.807, 2.05) is 11.3 Å². The number of rotatable bonds is 4. The molecule has 0 aromatic carbocycles. The number of hydrogen-bond acceptors (Lipinski definition) is 5. The normalized spacial score (nSPS) is 14.5. The number of aromatic nitrogens is 2. The Hall–Kier alpha value is -1.46. The summed E-state index contributed by atoms with van der Waals surface area (Å²) in [5.41, 5.74) is 2.44. The summed E-state index contributed by atoms with van der Waals surface area (Å²) in [6.45, 7) is 5.83. The summed E-state index contributed by atoms with van der Waals surface area (Å²) in [7, 11) is 0. The predicted molar refractivity (Wildman–Crippen MR) is 78.5 cm³/mol. The highest BCUT2D eigenvalue weighted by atomic mass is 32.1. The Bertz CT molecular complexity index is 535. The van der Waals surface area contributed by atoms with E-state index in [0.717, 1.165) is 44.1 Å². The second-order valence-corrected chi connectivity index (χ2v) is 5.70. The molecular formula is C14H18N4S. The number of fused-ring (bicyclic) bond motifs is 1. The van der Waals surface area contributed by atoms with Crippen molar-refractivity contribution >= 4 is 17.2 Å². The highest BCUT2D eigenvalue weighted by Crippen LogP contribution is 2.26. The summed E-state index contributed by atoms with van der Waals surface area (Å²) in [4.78, 5) is 3.83. The Morgan fingerprint density at radius 3 is 3.05 bits per heavy atom. The van der Waals surface area contributed by atoms with Gasteiger partial charge in [0.15, 0.2) is 5.82 Å². The molecule has 100 valence electrons. The van der Waals surface area contributed by atoms with Crippen molar-refractivity contribution in [3.05, 3.63) is 39.7 Å². The Balaban J connectivity index is 1.70. The molecule has 0 unspecified atom stereocenters. The lowest BCUT2D eigenvalue weighted by Crippen LogP contribution is -2.30. The molecule has 0 radical (unpaired) electrons. The molecule has 5 heteroatoms. The summed E-state index contributed by atoms with van der Waals surface area (Å²) in [6, 6.07) is 6.37. The fraction of sp³-hybridized carbons (Fsp3) is 0.429. The van der Waals surface area contributed by atoms with Crippen LogP contribution in [0.4, 0.5) is 5.82 Å². The van der Waals surface area contributed by atoms with Crippen LogP contribution in [0.1, 0.15) is 23.1 Å². The minimum absolute atomic E-state index is 0.790. The van der Waals surface area contributed by atoms with Crippen LogP contribution in [0.15, 0.2) is 23.6 Å². The first-order valence-corrected chi connectivity index (χ1v) is 7.58. The highest BCUT2D eigenvalue weighted by molar-refractivity contribution is 7.10. The first-order valence-electron chi connectivity index (χ1n) is 6.70. The molecule has 4 nitrogen and oxygen atoms in total. The van der Waals surface area contributed by atoms with Crippen LogP contribution in [0, 0.1) is 0 Å². The fourth-order valence-corrected chi connectivity index (χ4v) is 3.20. The van der Waals surface area contributed by atoms with Crippen LogP contribution in [0.3, 0.4) is 0 Å². The van der Waals surface area contributed by atoms with Gasteiger partial charge in [0.05, 0.1) is 5.69 Å². The molecule has 0 amide bonds. The van der Waals surface area contributed by atoms with E-state index in [9.17, 15) is 0 Å². The van der Waals surface area contributed by atoms with Gasteiger partial charge in [-0.1, -0.05) is 6.92 Å². The van der Waals surface area contributed by atoms with E-state index in [4.69, 9.17) is 0 Å². The maximum Gasteiger partial charge on any atom is 0.151 e. The summed E-state index contributed by atoms with van der Waals surface area (Å²) in [5.74, 6) is 0.983. The average Bonchev–Trinajstić information content (AvgIpc) is 2.93. The molecule has 0 saturated heterocycles. The SMILES string of the molecule is CCNCc1ccc(N2CCc3sccc3C2)nn1. The minimum atomic E-state index is 0.790. The van der Waals surface area contributed by atoms with Gasteiger partial charge in [-0.2, -0.15) is 5.10 Å². The quantitative estimate of drug-likeness (QED) is 0.928. The second kappa shape index (κ2) is 5.67. The molecule has 3 heterocycles. The Morgan fingerprint density at radius 1 is 1.32 bits per heavy atom. The van der Waals surface area contributed by atoms with Gasteiger partial charge in [-0.05, 0) is 42.1 Å². The van der Waals surface area contributed by atoms with Crippen molar-refractivity contribution in [3.63, 3.8) is 0 Å². The molecule has 0 spiro atoms. The zero-order valence-electron chi connectivity index (χ0n) is 11.1. The molecule has 0 fully saturated rings. The second-order valence-electron chi connectivity index (χ2n) is 4.70. The van der Waals surface area contributed by atoms with Crippen LogP contribution in [0.25, 0.3) is 0 Å². The van der Waals surface area contributed by atoms with Crippen molar-refractivity contribution in [1.82, 2.24) is 15.5 Å². The molecule has 0 bridgehead atoms. The Morgan fingerprint density at radius 2 is 2.26 bits per heavy atom.